The molecule has 0 fully saturated rings. The number of carboxylic acids is 1. The molecule has 0 aromatic heterocycles. The van der Waals surface area contributed by atoms with Gasteiger partial charge in [0.05, 0.1) is 15.9 Å². The highest BCUT2D eigenvalue weighted by molar-refractivity contribution is 7.91. The molecule has 0 saturated carbocycles. The van der Waals surface area contributed by atoms with Crippen molar-refractivity contribution in [2.24, 2.45) is 0 Å². The Morgan fingerprint density at radius 2 is 1.59 bits per heavy atom. The van der Waals surface area contributed by atoms with Gasteiger partial charge in [-0.25, -0.2) is 13.2 Å². The van der Waals surface area contributed by atoms with E-state index in [1.54, 1.807) is 12.1 Å². The fourth-order valence-corrected chi connectivity index (χ4v) is 4.61. The molecule has 0 heterocycles. The Morgan fingerprint density at radius 1 is 0.969 bits per heavy atom. The number of aliphatic hydroxyl groups is 1. The second-order valence-corrected chi connectivity index (χ2v) is 9.52. The van der Waals surface area contributed by atoms with Crippen LogP contribution in [0, 0.1) is 0 Å². The van der Waals surface area contributed by atoms with Crippen LogP contribution in [0.5, 0.6) is 5.75 Å². The van der Waals surface area contributed by atoms with Crippen LogP contribution in [-0.2, 0) is 16.3 Å². The minimum Gasteiger partial charge on any atom is -0.507 e. The average Bonchev–Trinajstić information content (AvgIpc) is 2.78. The first-order valence-electron chi connectivity index (χ1n) is 10.0. The van der Waals surface area contributed by atoms with Crippen LogP contribution >= 0.6 is 0 Å². The number of benzene rings is 3. The summed E-state index contributed by atoms with van der Waals surface area (Å²) in [4.78, 5) is 11.0. The first kappa shape index (κ1) is 23.5. The Balaban J connectivity index is 1.65. The Morgan fingerprint density at radius 3 is 2.22 bits per heavy atom. The summed E-state index contributed by atoms with van der Waals surface area (Å²) >= 11 is 0. The van der Waals surface area contributed by atoms with Gasteiger partial charge in [0.25, 0.3) is 0 Å². The van der Waals surface area contributed by atoms with E-state index >= 15 is 0 Å². The van der Waals surface area contributed by atoms with E-state index in [0.717, 1.165) is 23.3 Å². The third-order valence-electron chi connectivity index (χ3n) is 5.13. The van der Waals surface area contributed by atoms with Gasteiger partial charge >= 0.3 is 5.97 Å². The van der Waals surface area contributed by atoms with E-state index in [2.05, 4.69) is 5.32 Å². The van der Waals surface area contributed by atoms with E-state index in [4.69, 9.17) is 5.11 Å². The summed E-state index contributed by atoms with van der Waals surface area (Å²) < 4.78 is 25.7. The standard InChI is InChI=1S/C24H25NO6S/c1-16(25-15-23(27)18-5-3-2-4-6-18)13-17-7-9-19(10-8-17)32(30,31)20-11-12-22(26)21(14-20)24(28)29/h2-12,14,16,23,25-27H,13,15H2,1H3,(H,28,29)/t16-,23+/m1/s1. The maximum absolute atomic E-state index is 12.9. The molecule has 0 aliphatic heterocycles. The van der Waals surface area contributed by atoms with Gasteiger partial charge in [0.15, 0.2) is 0 Å². The first-order chi connectivity index (χ1) is 15.2. The van der Waals surface area contributed by atoms with Gasteiger partial charge in [0.2, 0.25) is 9.84 Å². The molecule has 168 valence electrons. The number of hydrogen-bond acceptors (Lipinski definition) is 6. The van der Waals surface area contributed by atoms with Crippen LogP contribution in [-0.4, -0.2) is 42.3 Å². The van der Waals surface area contributed by atoms with Crippen molar-refractivity contribution in [1.82, 2.24) is 5.32 Å². The highest BCUT2D eigenvalue weighted by Gasteiger charge is 2.21. The summed E-state index contributed by atoms with van der Waals surface area (Å²) in [5.41, 5.74) is 1.28. The lowest BCUT2D eigenvalue weighted by molar-refractivity contribution is 0.0693. The second kappa shape index (κ2) is 9.95. The number of aromatic carboxylic acids is 1. The van der Waals surface area contributed by atoms with Gasteiger partial charge in [-0.1, -0.05) is 42.5 Å². The van der Waals surface area contributed by atoms with Gasteiger partial charge in [0.1, 0.15) is 11.3 Å². The smallest absolute Gasteiger partial charge is 0.339 e. The van der Waals surface area contributed by atoms with Crippen molar-refractivity contribution >= 4 is 15.8 Å². The quantitative estimate of drug-likeness (QED) is 0.391. The molecule has 4 N–H and O–H groups in total. The topological polar surface area (TPSA) is 124 Å². The normalized spacial score (nSPS) is 13.4. The van der Waals surface area contributed by atoms with Crippen molar-refractivity contribution in [3.8, 4) is 5.75 Å². The summed E-state index contributed by atoms with van der Waals surface area (Å²) in [6, 6.07) is 19.0. The Labute approximate surface area is 186 Å². The summed E-state index contributed by atoms with van der Waals surface area (Å²) in [5.74, 6) is -1.90. The molecule has 0 aliphatic carbocycles. The maximum atomic E-state index is 12.9. The molecule has 7 nitrogen and oxygen atoms in total. The minimum absolute atomic E-state index is 0.0309. The fourth-order valence-electron chi connectivity index (χ4n) is 3.33. The number of nitrogens with one attached hydrogen (secondary N) is 1. The third-order valence-corrected chi connectivity index (χ3v) is 6.90. The third kappa shape index (κ3) is 5.53. The van der Waals surface area contributed by atoms with Crippen molar-refractivity contribution in [2.75, 3.05) is 6.54 Å². The van der Waals surface area contributed by atoms with Gasteiger partial charge in [-0.15, -0.1) is 0 Å². The number of aromatic hydroxyl groups is 1. The van der Waals surface area contributed by atoms with Crippen LogP contribution < -0.4 is 5.32 Å². The van der Waals surface area contributed by atoms with Crippen LogP contribution in [0.15, 0.2) is 82.6 Å². The minimum atomic E-state index is -3.93. The van der Waals surface area contributed by atoms with E-state index in [0.29, 0.717) is 13.0 Å². The molecule has 32 heavy (non-hydrogen) atoms. The molecule has 3 aromatic rings. The fraction of sp³-hybridized carbons (Fsp3) is 0.208. The zero-order valence-electron chi connectivity index (χ0n) is 17.5. The summed E-state index contributed by atoms with van der Waals surface area (Å²) in [7, 11) is -3.93. The molecule has 3 rings (SSSR count). The molecule has 0 radical (unpaired) electrons. The zero-order valence-corrected chi connectivity index (χ0v) is 18.3. The van der Waals surface area contributed by atoms with Crippen LogP contribution in [0.3, 0.4) is 0 Å². The maximum Gasteiger partial charge on any atom is 0.339 e. The number of rotatable bonds is 9. The molecule has 0 amide bonds. The van der Waals surface area contributed by atoms with E-state index in [9.17, 15) is 23.4 Å². The summed E-state index contributed by atoms with van der Waals surface area (Å²) in [6.45, 7) is 2.37. The molecule has 0 spiro atoms. The summed E-state index contributed by atoms with van der Waals surface area (Å²) in [5, 5.41) is 32.3. The van der Waals surface area contributed by atoms with Crippen molar-refractivity contribution in [2.45, 2.75) is 35.3 Å². The van der Waals surface area contributed by atoms with Crippen LogP contribution in [0.1, 0.15) is 34.5 Å². The Hall–Kier alpha value is -3.20. The van der Waals surface area contributed by atoms with Crippen LogP contribution in [0.4, 0.5) is 0 Å². The number of phenols is 1. The van der Waals surface area contributed by atoms with E-state index in [-0.39, 0.29) is 15.8 Å². The van der Waals surface area contributed by atoms with Gasteiger partial charge in [0, 0.05) is 12.6 Å². The lowest BCUT2D eigenvalue weighted by Gasteiger charge is -2.17. The van der Waals surface area contributed by atoms with Gasteiger partial charge in [-0.3, -0.25) is 0 Å². The lowest BCUT2D eigenvalue weighted by atomic mass is 10.1. The predicted octanol–water partition coefficient (Wildman–Crippen LogP) is 3.18. The highest BCUT2D eigenvalue weighted by Crippen LogP contribution is 2.26. The highest BCUT2D eigenvalue weighted by atomic mass is 32.2. The number of carbonyl (C=O) groups is 1. The lowest BCUT2D eigenvalue weighted by Crippen LogP contribution is -2.32. The number of sulfone groups is 1. The monoisotopic (exact) mass is 455 g/mol. The van der Waals surface area contributed by atoms with Crippen LogP contribution in [0.25, 0.3) is 0 Å². The zero-order chi connectivity index (χ0) is 23.3. The predicted molar refractivity (Wildman–Crippen MR) is 120 cm³/mol. The van der Waals surface area contributed by atoms with Crippen molar-refractivity contribution in [1.29, 1.82) is 0 Å². The Kier molecular flexibility index (Phi) is 7.29. The second-order valence-electron chi connectivity index (χ2n) is 7.57. The number of hydrogen-bond donors (Lipinski definition) is 4. The molecule has 0 unspecified atom stereocenters. The Bertz CT molecular complexity index is 1180. The first-order valence-corrected chi connectivity index (χ1v) is 11.5. The van der Waals surface area contributed by atoms with E-state index in [1.807, 2.05) is 37.3 Å². The van der Waals surface area contributed by atoms with Crippen molar-refractivity contribution in [3.05, 3.63) is 89.5 Å². The molecule has 0 aliphatic rings. The summed E-state index contributed by atoms with van der Waals surface area (Å²) in [6.07, 6.45) is 0.0108. The molecule has 0 bridgehead atoms. The van der Waals surface area contributed by atoms with Crippen LogP contribution in [0.2, 0.25) is 0 Å². The van der Waals surface area contributed by atoms with E-state index < -0.39 is 33.2 Å². The van der Waals surface area contributed by atoms with Gasteiger partial charge in [-0.05, 0) is 54.8 Å². The molecule has 8 heteroatoms. The van der Waals surface area contributed by atoms with Gasteiger partial charge in [-0.2, -0.15) is 0 Å². The van der Waals surface area contributed by atoms with Crippen molar-refractivity contribution in [3.63, 3.8) is 0 Å². The van der Waals surface area contributed by atoms with Crippen molar-refractivity contribution < 1.29 is 28.5 Å². The molecule has 2 atom stereocenters. The number of carboxylic acid groups (broad SMARTS) is 1. The molecule has 0 saturated heterocycles. The SMILES string of the molecule is C[C@H](Cc1ccc(S(=O)(=O)c2ccc(O)c(C(=O)O)c2)cc1)NC[C@H](O)c1ccccc1. The molecular formula is C24H25NO6S. The van der Waals surface area contributed by atoms with E-state index in [1.165, 1.54) is 18.2 Å². The average molecular weight is 456 g/mol. The molecule has 3 aromatic carbocycles. The number of aliphatic hydroxyl groups excluding tert-OH is 1. The largest absolute Gasteiger partial charge is 0.507 e. The molecular weight excluding hydrogens is 430 g/mol. The van der Waals surface area contributed by atoms with Gasteiger partial charge < -0.3 is 20.6 Å².